The molecular weight excluding hydrogens is 272 g/mol. The van der Waals surface area contributed by atoms with Crippen molar-refractivity contribution in [3.05, 3.63) is 58.7 Å². The molecule has 2 nitrogen and oxygen atoms in total. The van der Waals surface area contributed by atoms with Gasteiger partial charge in [0.15, 0.2) is 11.5 Å². The van der Waals surface area contributed by atoms with Crippen LogP contribution in [0, 0.1) is 27.7 Å². The predicted octanol–water partition coefficient (Wildman–Crippen LogP) is 5.15. The lowest BCUT2D eigenvalue weighted by atomic mass is 9.87. The van der Waals surface area contributed by atoms with Crippen LogP contribution in [-0.4, -0.2) is 10.2 Å². The van der Waals surface area contributed by atoms with E-state index in [-0.39, 0.29) is 11.5 Å². The van der Waals surface area contributed by atoms with Crippen LogP contribution in [0.15, 0.2) is 36.4 Å². The van der Waals surface area contributed by atoms with Gasteiger partial charge in [-0.3, -0.25) is 0 Å². The van der Waals surface area contributed by atoms with E-state index >= 15 is 0 Å². The quantitative estimate of drug-likeness (QED) is 0.609. The van der Waals surface area contributed by atoms with E-state index in [1.807, 2.05) is 31.2 Å². The van der Waals surface area contributed by atoms with Crippen LogP contribution in [-0.2, 0) is 0 Å². The van der Waals surface area contributed by atoms with Gasteiger partial charge in [0.1, 0.15) is 0 Å². The molecule has 0 amide bonds. The first kappa shape index (κ1) is 14.5. The number of rotatable bonds is 1. The lowest BCUT2D eigenvalue weighted by Crippen LogP contribution is -1.96. The van der Waals surface area contributed by atoms with Crippen LogP contribution >= 0.6 is 0 Å². The number of hydrogen-bond donors (Lipinski definition) is 2. The van der Waals surface area contributed by atoms with Crippen molar-refractivity contribution in [2.24, 2.45) is 0 Å². The standard InChI is InChI=1S/C20H20O2/c1-11-9-12(2)18(14(4)13(11)3)19-16-8-6-5-7-15(16)10-17(21)20(19)22/h5-10,21-22H,1-4H3. The van der Waals surface area contributed by atoms with Crippen LogP contribution in [0.4, 0.5) is 0 Å². The number of phenolic OH excluding ortho intramolecular Hbond substituents is 2. The van der Waals surface area contributed by atoms with Crippen molar-refractivity contribution in [1.29, 1.82) is 0 Å². The molecule has 0 spiro atoms. The summed E-state index contributed by atoms with van der Waals surface area (Å²) in [4.78, 5) is 0. The highest BCUT2D eigenvalue weighted by atomic mass is 16.3. The van der Waals surface area contributed by atoms with Gasteiger partial charge < -0.3 is 10.2 Å². The van der Waals surface area contributed by atoms with E-state index in [1.54, 1.807) is 6.07 Å². The SMILES string of the molecule is Cc1cc(C)c(-c2c(O)c(O)cc3ccccc23)c(C)c1C. The van der Waals surface area contributed by atoms with Gasteiger partial charge in [-0.2, -0.15) is 0 Å². The van der Waals surface area contributed by atoms with Crippen molar-refractivity contribution in [3.63, 3.8) is 0 Å². The Bertz CT molecular complexity index is 892. The summed E-state index contributed by atoms with van der Waals surface area (Å²) >= 11 is 0. The molecule has 0 radical (unpaired) electrons. The maximum absolute atomic E-state index is 10.5. The van der Waals surface area contributed by atoms with Gasteiger partial charge >= 0.3 is 0 Å². The zero-order chi connectivity index (χ0) is 16.0. The van der Waals surface area contributed by atoms with Gasteiger partial charge in [-0.15, -0.1) is 0 Å². The molecule has 3 aromatic rings. The summed E-state index contributed by atoms with van der Waals surface area (Å²) in [6.45, 7) is 8.31. The molecule has 0 aromatic heterocycles. The van der Waals surface area contributed by atoms with E-state index in [1.165, 1.54) is 11.1 Å². The predicted molar refractivity (Wildman–Crippen MR) is 91.7 cm³/mol. The number of hydrogen-bond acceptors (Lipinski definition) is 2. The Morgan fingerprint density at radius 2 is 1.41 bits per heavy atom. The smallest absolute Gasteiger partial charge is 0.166 e. The molecule has 0 aliphatic carbocycles. The number of aromatic hydroxyl groups is 2. The monoisotopic (exact) mass is 292 g/mol. The number of phenols is 2. The van der Waals surface area contributed by atoms with Crippen molar-refractivity contribution in [2.45, 2.75) is 27.7 Å². The zero-order valence-corrected chi connectivity index (χ0v) is 13.4. The Labute approximate surface area is 130 Å². The van der Waals surface area contributed by atoms with Gasteiger partial charge in [0.2, 0.25) is 0 Å². The van der Waals surface area contributed by atoms with Gasteiger partial charge in [-0.05, 0) is 72.4 Å². The molecule has 0 atom stereocenters. The molecule has 0 bridgehead atoms. The zero-order valence-electron chi connectivity index (χ0n) is 13.4. The summed E-state index contributed by atoms with van der Waals surface area (Å²) < 4.78 is 0. The highest BCUT2D eigenvalue weighted by Gasteiger charge is 2.19. The van der Waals surface area contributed by atoms with E-state index in [9.17, 15) is 10.2 Å². The van der Waals surface area contributed by atoms with E-state index in [4.69, 9.17) is 0 Å². The van der Waals surface area contributed by atoms with Crippen LogP contribution in [0.2, 0.25) is 0 Å². The Balaban J connectivity index is 2.51. The molecule has 0 aliphatic heterocycles. The first-order valence-electron chi connectivity index (χ1n) is 7.43. The molecule has 0 fully saturated rings. The number of benzene rings is 3. The summed E-state index contributed by atoms with van der Waals surface area (Å²) in [5.74, 6) is -0.126. The van der Waals surface area contributed by atoms with Crippen molar-refractivity contribution >= 4 is 10.8 Å². The average molecular weight is 292 g/mol. The molecular formula is C20H20O2. The van der Waals surface area contributed by atoms with Crippen molar-refractivity contribution in [3.8, 4) is 22.6 Å². The summed E-state index contributed by atoms with van der Waals surface area (Å²) in [5.41, 5.74) is 6.42. The van der Waals surface area contributed by atoms with Crippen LogP contribution in [0.25, 0.3) is 21.9 Å². The minimum atomic E-state index is -0.0780. The molecule has 0 aliphatic rings. The summed E-state index contributed by atoms with van der Waals surface area (Å²) in [6, 6.07) is 11.6. The fourth-order valence-electron chi connectivity index (χ4n) is 3.24. The molecule has 2 heteroatoms. The fraction of sp³-hybridized carbons (Fsp3) is 0.200. The van der Waals surface area contributed by atoms with E-state index in [0.29, 0.717) is 5.56 Å². The third-order valence-corrected chi connectivity index (χ3v) is 4.61. The maximum Gasteiger partial charge on any atom is 0.166 e. The third-order valence-electron chi connectivity index (χ3n) is 4.61. The Morgan fingerprint density at radius 3 is 2.14 bits per heavy atom. The average Bonchev–Trinajstić information content (AvgIpc) is 2.49. The maximum atomic E-state index is 10.5. The number of fused-ring (bicyclic) bond motifs is 1. The second kappa shape index (κ2) is 5.06. The van der Waals surface area contributed by atoms with E-state index in [2.05, 4.69) is 26.8 Å². The first-order valence-corrected chi connectivity index (χ1v) is 7.43. The molecule has 0 saturated heterocycles. The summed E-state index contributed by atoms with van der Waals surface area (Å²) in [7, 11) is 0. The minimum absolute atomic E-state index is 0.0480. The second-order valence-electron chi connectivity index (χ2n) is 5.98. The molecule has 0 saturated carbocycles. The molecule has 3 aromatic carbocycles. The van der Waals surface area contributed by atoms with E-state index in [0.717, 1.165) is 27.5 Å². The minimum Gasteiger partial charge on any atom is -0.504 e. The van der Waals surface area contributed by atoms with Gasteiger partial charge in [0, 0.05) is 5.56 Å². The van der Waals surface area contributed by atoms with E-state index < -0.39 is 0 Å². The fourth-order valence-corrected chi connectivity index (χ4v) is 3.24. The molecule has 112 valence electrons. The third kappa shape index (κ3) is 2.03. The lowest BCUT2D eigenvalue weighted by Gasteiger charge is -2.18. The Kier molecular flexibility index (Phi) is 3.32. The van der Waals surface area contributed by atoms with Crippen LogP contribution < -0.4 is 0 Å². The highest BCUT2D eigenvalue weighted by molar-refractivity contribution is 6.02. The number of aryl methyl sites for hydroxylation is 2. The molecule has 3 rings (SSSR count). The van der Waals surface area contributed by atoms with Crippen molar-refractivity contribution in [2.75, 3.05) is 0 Å². The normalized spacial score (nSPS) is 11.1. The van der Waals surface area contributed by atoms with Crippen LogP contribution in [0.1, 0.15) is 22.3 Å². The first-order chi connectivity index (χ1) is 10.4. The van der Waals surface area contributed by atoms with Crippen molar-refractivity contribution in [1.82, 2.24) is 0 Å². The molecule has 2 N–H and O–H groups in total. The van der Waals surface area contributed by atoms with Crippen LogP contribution in [0.5, 0.6) is 11.5 Å². The Hall–Kier alpha value is -2.48. The summed E-state index contributed by atoms with van der Waals surface area (Å²) in [6.07, 6.45) is 0. The molecule has 0 heterocycles. The lowest BCUT2D eigenvalue weighted by molar-refractivity contribution is 0.406. The highest BCUT2D eigenvalue weighted by Crippen LogP contribution is 2.45. The molecule has 0 unspecified atom stereocenters. The molecule has 22 heavy (non-hydrogen) atoms. The van der Waals surface area contributed by atoms with Gasteiger partial charge in [0.25, 0.3) is 0 Å². The Morgan fingerprint density at radius 1 is 0.727 bits per heavy atom. The second-order valence-corrected chi connectivity index (χ2v) is 5.98. The summed E-state index contributed by atoms with van der Waals surface area (Å²) in [5, 5.41) is 22.5. The van der Waals surface area contributed by atoms with Crippen molar-refractivity contribution < 1.29 is 10.2 Å². The van der Waals surface area contributed by atoms with Crippen LogP contribution in [0.3, 0.4) is 0 Å². The van der Waals surface area contributed by atoms with Gasteiger partial charge in [0.05, 0.1) is 0 Å². The van der Waals surface area contributed by atoms with Gasteiger partial charge in [-0.25, -0.2) is 0 Å². The van der Waals surface area contributed by atoms with Gasteiger partial charge in [-0.1, -0.05) is 30.3 Å². The topological polar surface area (TPSA) is 40.5 Å². The largest absolute Gasteiger partial charge is 0.504 e.